The average molecular weight is 239 g/mol. The first kappa shape index (κ1) is 11.5. The first-order chi connectivity index (χ1) is 8.93. The summed E-state index contributed by atoms with van der Waals surface area (Å²) in [6, 6.07) is 19.1. The van der Waals surface area contributed by atoms with Crippen molar-refractivity contribution in [2.24, 2.45) is 0 Å². The third-order valence-electron chi connectivity index (χ3n) is 3.32. The molecule has 2 aromatic rings. The van der Waals surface area contributed by atoms with Gasteiger partial charge in [0.25, 0.3) is 0 Å². The number of ether oxygens (including phenoxy) is 1. The summed E-state index contributed by atoms with van der Waals surface area (Å²) in [6.07, 6.45) is 0.198. The molecule has 1 atom stereocenters. The van der Waals surface area contributed by atoms with Gasteiger partial charge in [0.05, 0.1) is 12.7 Å². The summed E-state index contributed by atoms with van der Waals surface area (Å²) in [7, 11) is 0. The van der Waals surface area contributed by atoms with Crippen molar-refractivity contribution in [3.8, 4) is 11.1 Å². The minimum atomic E-state index is 0.198. The van der Waals surface area contributed by atoms with Crippen molar-refractivity contribution in [3.63, 3.8) is 0 Å². The molecule has 0 saturated carbocycles. The van der Waals surface area contributed by atoms with E-state index in [2.05, 4.69) is 53.8 Å². The molecule has 0 amide bonds. The van der Waals surface area contributed by atoms with E-state index in [4.69, 9.17) is 4.74 Å². The number of benzene rings is 2. The molecule has 0 bridgehead atoms. The predicted molar refractivity (Wildman–Crippen MR) is 73.4 cm³/mol. The Labute approximate surface area is 108 Å². The van der Waals surface area contributed by atoms with Crippen LogP contribution in [0.25, 0.3) is 11.1 Å². The van der Waals surface area contributed by atoms with E-state index in [1.165, 1.54) is 16.7 Å². The lowest BCUT2D eigenvalue weighted by molar-refractivity contribution is 0.0277. The second kappa shape index (κ2) is 5.34. The molecule has 3 rings (SSSR count). The summed E-state index contributed by atoms with van der Waals surface area (Å²) in [4.78, 5) is 0. The molecule has 1 N–H and O–H groups in total. The number of nitrogens with one attached hydrogen (secondary N) is 1. The molecule has 1 aliphatic heterocycles. The molecule has 92 valence electrons. The number of morpholine rings is 1. The van der Waals surface area contributed by atoms with Gasteiger partial charge in [-0.15, -0.1) is 0 Å². The van der Waals surface area contributed by atoms with Gasteiger partial charge in [-0.25, -0.2) is 0 Å². The van der Waals surface area contributed by atoms with E-state index in [9.17, 15) is 0 Å². The standard InChI is InChI=1S/C16H17NO/c1-2-4-13(5-3-1)14-6-8-15(9-7-14)16-12-17-10-11-18-16/h1-9,16-17H,10-12H2. The van der Waals surface area contributed by atoms with E-state index in [1.54, 1.807) is 0 Å². The number of hydrogen-bond donors (Lipinski definition) is 1. The van der Waals surface area contributed by atoms with Crippen molar-refractivity contribution in [1.82, 2.24) is 5.32 Å². The first-order valence-corrected chi connectivity index (χ1v) is 6.41. The zero-order chi connectivity index (χ0) is 12.2. The van der Waals surface area contributed by atoms with Gasteiger partial charge in [-0.1, -0.05) is 54.6 Å². The molecule has 0 aliphatic carbocycles. The van der Waals surface area contributed by atoms with Gasteiger partial charge in [0.15, 0.2) is 0 Å². The van der Waals surface area contributed by atoms with Crippen molar-refractivity contribution >= 4 is 0 Å². The molecule has 0 aromatic heterocycles. The molecule has 0 spiro atoms. The van der Waals surface area contributed by atoms with Gasteiger partial charge in [0.2, 0.25) is 0 Å². The van der Waals surface area contributed by atoms with E-state index in [1.807, 2.05) is 6.07 Å². The Morgan fingerprint density at radius 2 is 1.61 bits per heavy atom. The Hall–Kier alpha value is -1.64. The van der Waals surface area contributed by atoms with E-state index < -0.39 is 0 Å². The fraction of sp³-hybridized carbons (Fsp3) is 0.250. The molecular formula is C16H17NO. The molecule has 0 radical (unpaired) electrons. The molecular weight excluding hydrogens is 222 g/mol. The van der Waals surface area contributed by atoms with E-state index >= 15 is 0 Å². The van der Waals surface area contributed by atoms with E-state index in [0.29, 0.717) is 0 Å². The maximum Gasteiger partial charge on any atom is 0.0949 e. The third kappa shape index (κ3) is 2.45. The van der Waals surface area contributed by atoms with Gasteiger partial charge in [-0.05, 0) is 16.7 Å². The SMILES string of the molecule is c1ccc(-c2ccc(C3CNCCO3)cc2)cc1. The summed E-state index contributed by atoms with van der Waals surface area (Å²) in [5.41, 5.74) is 3.76. The molecule has 1 saturated heterocycles. The number of rotatable bonds is 2. The maximum absolute atomic E-state index is 5.75. The molecule has 18 heavy (non-hydrogen) atoms. The highest BCUT2D eigenvalue weighted by molar-refractivity contribution is 5.63. The Morgan fingerprint density at radius 1 is 0.889 bits per heavy atom. The molecule has 1 aliphatic rings. The Kier molecular flexibility index (Phi) is 3.40. The lowest BCUT2D eigenvalue weighted by Gasteiger charge is -2.24. The lowest BCUT2D eigenvalue weighted by atomic mass is 10.0. The molecule has 2 aromatic carbocycles. The largest absolute Gasteiger partial charge is 0.371 e. The van der Waals surface area contributed by atoms with Crippen molar-refractivity contribution in [2.45, 2.75) is 6.10 Å². The molecule has 2 heteroatoms. The second-order valence-corrected chi connectivity index (χ2v) is 4.55. The smallest absolute Gasteiger partial charge is 0.0949 e. The van der Waals surface area contributed by atoms with Crippen LogP contribution >= 0.6 is 0 Å². The normalized spacial score (nSPS) is 19.7. The van der Waals surface area contributed by atoms with E-state index in [-0.39, 0.29) is 6.10 Å². The molecule has 1 fully saturated rings. The number of hydrogen-bond acceptors (Lipinski definition) is 2. The van der Waals surface area contributed by atoms with Gasteiger partial charge < -0.3 is 10.1 Å². The quantitative estimate of drug-likeness (QED) is 0.869. The van der Waals surface area contributed by atoms with Crippen molar-refractivity contribution < 1.29 is 4.74 Å². The highest BCUT2D eigenvalue weighted by Crippen LogP contribution is 2.23. The van der Waals surface area contributed by atoms with Crippen LogP contribution < -0.4 is 5.32 Å². The van der Waals surface area contributed by atoms with Crippen LogP contribution in [0.1, 0.15) is 11.7 Å². The van der Waals surface area contributed by atoms with E-state index in [0.717, 1.165) is 19.7 Å². The monoisotopic (exact) mass is 239 g/mol. The van der Waals surface area contributed by atoms with Crippen molar-refractivity contribution in [1.29, 1.82) is 0 Å². The van der Waals surface area contributed by atoms with Crippen LogP contribution in [0.15, 0.2) is 54.6 Å². The lowest BCUT2D eigenvalue weighted by Crippen LogP contribution is -2.33. The van der Waals surface area contributed by atoms with Crippen LogP contribution in [0.3, 0.4) is 0 Å². The highest BCUT2D eigenvalue weighted by Gasteiger charge is 2.15. The van der Waals surface area contributed by atoms with Gasteiger partial charge in [-0.3, -0.25) is 0 Å². The fourth-order valence-electron chi connectivity index (χ4n) is 2.30. The summed E-state index contributed by atoms with van der Waals surface area (Å²) < 4.78 is 5.75. The van der Waals surface area contributed by atoms with Gasteiger partial charge in [-0.2, -0.15) is 0 Å². The zero-order valence-corrected chi connectivity index (χ0v) is 10.3. The topological polar surface area (TPSA) is 21.3 Å². The summed E-state index contributed by atoms with van der Waals surface area (Å²) >= 11 is 0. The maximum atomic E-state index is 5.75. The van der Waals surface area contributed by atoms with Gasteiger partial charge >= 0.3 is 0 Å². The summed E-state index contributed by atoms with van der Waals surface area (Å²) in [6.45, 7) is 2.66. The summed E-state index contributed by atoms with van der Waals surface area (Å²) in [5, 5.41) is 3.35. The van der Waals surface area contributed by atoms with Crippen LogP contribution in [0.2, 0.25) is 0 Å². The van der Waals surface area contributed by atoms with Crippen LogP contribution in [-0.2, 0) is 4.74 Å². The summed E-state index contributed by atoms with van der Waals surface area (Å²) in [5.74, 6) is 0. The van der Waals surface area contributed by atoms with Gasteiger partial charge in [0.1, 0.15) is 0 Å². The zero-order valence-electron chi connectivity index (χ0n) is 10.3. The van der Waals surface area contributed by atoms with Crippen molar-refractivity contribution in [3.05, 3.63) is 60.2 Å². The van der Waals surface area contributed by atoms with Crippen molar-refractivity contribution in [2.75, 3.05) is 19.7 Å². The fourth-order valence-corrected chi connectivity index (χ4v) is 2.30. The van der Waals surface area contributed by atoms with Crippen LogP contribution in [0.5, 0.6) is 0 Å². The second-order valence-electron chi connectivity index (χ2n) is 4.55. The first-order valence-electron chi connectivity index (χ1n) is 6.41. The minimum Gasteiger partial charge on any atom is -0.371 e. The molecule has 1 heterocycles. The molecule has 2 nitrogen and oxygen atoms in total. The van der Waals surface area contributed by atoms with Crippen LogP contribution in [-0.4, -0.2) is 19.7 Å². The third-order valence-corrected chi connectivity index (χ3v) is 3.32. The van der Waals surface area contributed by atoms with Crippen LogP contribution in [0.4, 0.5) is 0 Å². The highest BCUT2D eigenvalue weighted by atomic mass is 16.5. The van der Waals surface area contributed by atoms with Gasteiger partial charge in [0, 0.05) is 13.1 Å². The Bertz CT molecular complexity index is 486. The Morgan fingerprint density at radius 3 is 2.28 bits per heavy atom. The van der Waals surface area contributed by atoms with Crippen LogP contribution in [0, 0.1) is 0 Å². The molecule has 1 unspecified atom stereocenters. The minimum absolute atomic E-state index is 0.198. The Balaban J connectivity index is 1.80. The average Bonchev–Trinajstić information content (AvgIpc) is 2.49. The predicted octanol–water partition coefficient (Wildman–Crippen LogP) is 3.01.